The van der Waals surface area contributed by atoms with Gasteiger partial charge in [-0.3, -0.25) is 4.79 Å². The van der Waals surface area contributed by atoms with Crippen molar-refractivity contribution in [2.75, 3.05) is 26.7 Å². The SMILES string of the molecule is CNCC1CCCN(C(=O)Cc2ccc(F)cc2)C1. The molecular weight excluding hydrogens is 243 g/mol. The zero-order chi connectivity index (χ0) is 13.7. The Balaban J connectivity index is 1.90. The van der Waals surface area contributed by atoms with Crippen LogP contribution in [0.1, 0.15) is 18.4 Å². The minimum Gasteiger partial charge on any atom is -0.342 e. The summed E-state index contributed by atoms with van der Waals surface area (Å²) in [5.41, 5.74) is 0.877. The molecule has 19 heavy (non-hydrogen) atoms. The second-order valence-corrected chi connectivity index (χ2v) is 5.21. The molecule has 1 aromatic carbocycles. The second-order valence-electron chi connectivity index (χ2n) is 5.21. The van der Waals surface area contributed by atoms with Crippen molar-refractivity contribution in [3.63, 3.8) is 0 Å². The molecule has 1 amide bonds. The van der Waals surface area contributed by atoms with Crippen LogP contribution in [0.2, 0.25) is 0 Å². The predicted molar refractivity (Wildman–Crippen MR) is 73.3 cm³/mol. The molecule has 3 nitrogen and oxygen atoms in total. The van der Waals surface area contributed by atoms with E-state index in [2.05, 4.69) is 5.32 Å². The molecule has 104 valence electrons. The highest BCUT2D eigenvalue weighted by atomic mass is 19.1. The van der Waals surface area contributed by atoms with E-state index in [9.17, 15) is 9.18 Å². The van der Waals surface area contributed by atoms with E-state index in [0.717, 1.165) is 31.6 Å². The van der Waals surface area contributed by atoms with Gasteiger partial charge in [-0.2, -0.15) is 0 Å². The van der Waals surface area contributed by atoms with Gasteiger partial charge in [-0.25, -0.2) is 4.39 Å². The van der Waals surface area contributed by atoms with Gasteiger partial charge in [-0.1, -0.05) is 12.1 Å². The van der Waals surface area contributed by atoms with Gasteiger partial charge in [0.2, 0.25) is 5.91 Å². The van der Waals surface area contributed by atoms with Crippen LogP contribution in [0.15, 0.2) is 24.3 Å². The summed E-state index contributed by atoms with van der Waals surface area (Å²) in [6.45, 7) is 2.64. The number of halogens is 1. The van der Waals surface area contributed by atoms with Crippen molar-refractivity contribution in [1.82, 2.24) is 10.2 Å². The first kappa shape index (κ1) is 14.0. The molecule has 1 atom stereocenters. The fourth-order valence-electron chi connectivity index (χ4n) is 2.64. The Kier molecular flexibility index (Phi) is 4.91. The Morgan fingerprint density at radius 1 is 1.42 bits per heavy atom. The van der Waals surface area contributed by atoms with E-state index in [1.165, 1.54) is 18.6 Å². The summed E-state index contributed by atoms with van der Waals surface area (Å²) >= 11 is 0. The average Bonchev–Trinajstić information content (AvgIpc) is 2.42. The fraction of sp³-hybridized carbons (Fsp3) is 0.533. The van der Waals surface area contributed by atoms with Crippen molar-refractivity contribution in [2.24, 2.45) is 5.92 Å². The van der Waals surface area contributed by atoms with Gasteiger partial charge in [-0.05, 0) is 50.0 Å². The van der Waals surface area contributed by atoms with Gasteiger partial charge in [0.15, 0.2) is 0 Å². The Bertz CT molecular complexity index is 417. The summed E-state index contributed by atoms with van der Waals surface area (Å²) in [6.07, 6.45) is 2.62. The molecular formula is C15H21FN2O. The van der Waals surface area contributed by atoms with Crippen molar-refractivity contribution in [3.8, 4) is 0 Å². The highest BCUT2D eigenvalue weighted by Gasteiger charge is 2.23. The lowest BCUT2D eigenvalue weighted by Gasteiger charge is -2.32. The van der Waals surface area contributed by atoms with Crippen LogP contribution in [0.25, 0.3) is 0 Å². The first-order valence-corrected chi connectivity index (χ1v) is 6.86. The van der Waals surface area contributed by atoms with Crippen molar-refractivity contribution in [2.45, 2.75) is 19.3 Å². The van der Waals surface area contributed by atoms with Gasteiger partial charge in [0.25, 0.3) is 0 Å². The molecule has 1 fully saturated rings. The molecule has 0 aromatic heterocycles. The molecule has 1 N–H and O–H groups in total. The number of benzene rings is 1. The first-order chi connectivity index (χ1) is 9.19. The molecule has 0 saturated carbocycles. The lowest BCUT2D eigenvalue weighted by atomic mass is 9.97. The number of rotatable bonds is 4. The molecule has 1 aliphatic heterocycles. The van der Waals surface area contributed by atoms with Gasteiger partial charge in [0.05, 0.1) is 6.42 Å². The normalized spacial score (nSPS) is 19.5. The lowest BCUT2D eigenvalue weighted by molar-refractivity contribution is -0.132. The van der Waals surface area contributed by atoms with Gasteiger partial charge < -0.3 is 10.2 Å². The Labute approximate surface area is 113 Å². The lowest BCUT2D eigenvalue weighted by Crippen LogP contribution is -2.43. The van der Waals surface area contributed by atoms with Crippen molar-refractivity contribution >= 4 is 5.91 Å². The summed E-state index contributed by atoms with van der Waals surface area (Å²) < 4.78 is 12.8. The molecule has 0 aliphatic carbocycles. The van der Waals surface area contributed by atoms with Crippen LogP contribution in [0, 0.1) is 11.7 Å². The third kappa shape index (κ3) is 4.03. The minimum absolute atomic E-state index is 0.146. The van der Waals surface area contributed by atoms with Crippen LogP contribution >= 0.6 is 0 Å². The Morgan fingerprint density at radius 3 is 2.84 bits per heavy atom. The molecule has 1 saturated heterocycles. The number of carbonyl (C=O) groups excluding carboxylic acids is 1. The number of hydrogen-bond donors (Lipinski definition) is 1. The molecule has 2 rings (SSSR count). The van der Waals surface area contributed by atoms with Gasteiger partial charge in [-0.15, -0.1) is 0 Å². The number of hydrogen-bond acceptors (Lipinski definition) is 2. The number of likely N-dealkylation sites (tertiary alicyclic amines) is 1. The zero-order valence-corrected chi connectivity index (χ0v) is 11.4. The van der Waals surface area contributed by atoms with Crippen molar-refractivity contribution in [3.05, 3.63) is 35.6 Å². The fourth-order valence-corrected chi connectivity index (χ4v) is 2.64. The van der Waals surface area contributed by atoms with E-state index in [1.807, 2.05) is 11.9 Å². The van der Waals surface area contributed by atoms with Crippen LogP contribution in [-0.2, 0) is 11.2 Å². The molecule has 0 radical (unpaired) electrons. The number of piperidine rings is 1. The molecule has 1 heterocycles. The Morgan fingerprint density at radius 2 is 2.16 bits per heavy atom. The van der Waals surface area contributed by atoms with Crippen molar-refractivity contribution < 1.29 is 9.18 Å². The molecule has 1 aliphatic rings. The monoisotopic (exact) mass is 264 g/mol. The quantitative estimate of drug-likeness (QED) is 0.900. The maximum atomic E-state index is 12.8. The summed E-state index contributed by atoms with van der Waals surface area (Å²) in [4.78, 5) is 14.2. The minimum atomic E-state index is -0.261. The van der Waals surface area contributed by atoms with E-state index in [1.54, 1.807) is 12.1 Å². The first-order valence-electron chi connectivity index (χ1n) is 6.86. The summed E-state index contributed by atoms with van der Waals surface area (Å²) in [7, 11) is 1.94. The second kappa shape index (κ2) is 6.66. The van der Waals surface area contributed by atoms with E-state index in [4.69, 9.17) is 0 Å². The number of carbonyl (C=O) groups is 1. The maximum Gasteiger partial charge on any atom is 0.226 e. The predicted octanol–water partition coefficient (Wildman–Crippen LogP) is 1.83. The maximum absolute atomic E-state index is 12.8. The average molecular weight is 264 g/mol. The number of nitrogens with zero attached hydrogens (tertiary/aromatic N) is 1. The van der Waals surface area contributed by atoms with Crippen LogP contribution in [0.3, 0.4) is 0 Å². The molecule has 1 aromatic rings. The third-order valence-electron chi connectivity index (χ3n) is 3.63. The summed E-state index contributed by atoms with van der Waals surface area (Å²) in [5, 5.41) is 3.17. The summed E-state index contributed by atoms with van der Waals surface area (Å²) in [6, 6.07) is 6.18. The van der Waals surface area contributed by atoms with Gasteiger partial charge in [0, 0.05) is 13.1 Å². The van der Waals surface area contributed by atoms with Gasteiger partial charge >= 0.3 is 0 Å². The smallest absolute Gasteiger partial charge is 0.226 e. The van der Waals surface area contributed by atoms with E-state index >= 15 is 0 Å². The highest BCUT2D eigenvalue weighted by Crippen LogP contribution is 2.17. The van der Waals surface area contributed by atoms with Crippen LogP contribution in [0.5, 0.6) is 0 Å². The molecule has 1 unspecified atom stereocenters. The van der Waals surface area contributed by atoms with Crippen LogP contribution in [0.4, 0.5) is 4.39 Å². The topological polar surface area (TPSA) is 32.3 Å². The summed E-state index contributed by atoms with van der Waals surface area (Å²) in [5.74, 6) is 0.437. The van der Waals surface area contributed by atoms with E-state index in [-0.39, 0.29) is 11.7 Å². The molecule has 4 heteroatoms. The largest absolute Gasteiger partial charge is 0.342 e. The molecule has 0 spiro atoms. The molecule has 0 bridgehead atoms. The zero-order valence-electron chi connectivity index (χ0n) is 11.4. The number of nitrogens with one attached hydrogen (secondary N) is 1. The van der Waals surface area contributed by atoms with E-state index in [0.29, 0.717) is 12.3 Å². The van der Waals surface area contributed by atoms with Crippen molar-refractivity contribution in [1.29, 1.82) is 0 Å². The van der Waals surface area contributed by atoms with E-state index < -0.39 is 0 Å². The standard InChI is InChI=1S/C15H21FN2O/c1-17-10-13-3-2-8-18(11-13)15(19)9-12-4-6-14(16)7-5-12/h4-7,13,17H,2-3,8-11H2,1H3. The number of amides is 1. The third-order valence-corrected chi connectivity index (χ3v) is 3.63. The Hall–Kier alpha value is -1.42. The van der Waals surface area contributed by atoms with Crippen LogP contribution < -0.4 is 5.32 Å². The van der Waals surface area contributed by atoms with Crippen LogP contribution in [-0.4, -0.2) is 37.5 Å². The highest BCUT2D eigenvalue weighted by molar-refractivity contribution is 5.78. The van der Waals surface area contributed by atoms with Gasteiger partial charge in [0.1, 0.15) is 5.82 Å².